The van der Waals surface area contributed by atoms with Gasteiger partial charge in [0.1, 0.15) is 31.0 Å². The lowest BCUT2D eigenvalue weighted by molar-refractivity contribution is -0.345. The van der Waals surface area contributed by atoms with Gasteiger partial charge in [-0.15, -0.1) is 0 Å². The van der Waals surface area contributed by atoms with Crippen molar-refractivity contribution in [3.63, 3.8) is 0 Å². The molecule has 0 spiro atoms. The Morgan fingerprint density at radius 1 is 1.00 bits per heavy atom. The molecule has 0 radical (unpaired) electrons. The number of hydrogen-bond acceptors (Lipinski definition) is 13. The van der Waals surface area contributed by atoms with Crippen LogP contribution in [-0.4, -0.2) is 132 Å². The molecule has 13 nitrogen and oxygen atoms in total. The summed E-state index contributed by atoms with van der Waals surface area (Å²) in [6.45, 7) is 0.773. The minimum absolute atomic E-state index is 0.0837. The first-order chi connectivity index (χ1) is 19.8. The molecule has 4 saturated carbocycles. The van der Waals surface area contributed by atoms with Gasteiger partial charge >= 0.3 is 5.97 Å². The van der Waals surface area contributed by atoms with Gasteiger partial charge in [-0.25, -0.2) is 4.79 Å². The van der Waals surface area contributed by atoms with Crippen LogP contribution in [0.15, 0.2) is 11.6 Å². The lowest BCUT2D eigenvalue weighted by Crippen LogP contribution is -2.76. The fraction of sp³-hybridized carbons (Fsp3) is 0.897. The van der Waals surface area contributed by atoms with Crippen molar-refractivity contribution in [2.75, 3.05) is 19.8 Å². The normalized spacial score (nSPS) is 55.8. The van der Waals surface area contributed by atoms with Crippen LogP contribution >= 0.6 is 0 Å². The van der Waals surface area contributed by atoms with Gasteiger partial charge in [0.25, 0.3) is 0 Å². The highest BCUT2D eigenvalue weighted by atomic mass is 16.7. The third kappa shape index (κ3) is 4.06. The summed E-state index contributed by atoms with van der Waals surface area (Å²) >= 11 is 0. The molecule has 9 N–H and O–H groups in total. The van der Waals surface area contributed by atoms with Crippen LogP contribution in [0.25, 0.3) is 0 Å². The van der Waals surface area contributed by atoms with Crippen molar-refractivity contribution in [3.8, 4) is 0 Å². The minimum Gasteiger partial charge on any atom is -0.458 e. The molecule has 5 fully saturated rings. The van der Waals surface area contributed by atoms with Gasteiger partial charge in [-0.3, -0.25) is 0 Å². The predicted octanol–water partition coefficient (Wildman–Crippen LogP) is -2.54. The van der Waals surface area contributed by atoms with Crippen LogP contribution in [-0.2, 0) is 19.0 Å². The highest BCUT2D eigenvalue weighted by Crippen LogP contribution is 2.70. The highest BCUT2D eigenvalue weighted by Gasteiger charge is 2.75. The molecule has 15 unspecified atom stereocenters. The van der Waals surface area contributed by atoms with E-state index in [-0.39, 0.29) is 38.2 Å². The third-order valence-electron chi connectivity index (χ3n) is 12.2. The summed E-state index contributed by atoms with van der Waals surface area (Å²) in [4.78, 5) is 11.8. The standard InChI is InChI=1S/C29H44O13/c1-26-9-17(32)21-16(29(26,39)5-3-15(26)13-6-20(34)40-11-13)2-4-27(38)8-14(7-19(33)28(21,27)12-31)41-25-24(37)23(36)22(35)18(10-30)42-25/h6,14-19,21-25,30-33,35-39H,2-5,7-12H2,1H3. The first-order valence-electron chi connectivity index (χ1n) is 15.0. The zero-order valence-corrected chi connectivity index (χ0v) is 23.7. The van der Waals surface area contributed by atoms with Crippen LogP contribution < -0.4 is 0 Å². The van der Waals surface area contributed by atoms with Gasteiger partial charge in [-0.2, -0.15) is 0 Å². The van der Waals surface area contributed by atoms with Crippen LogP contribution in [0.2, 0.25) is 0 Å². The molecule has 2 heterocycles. The molecule has 0 aromatic carbocycles. The Bertz CT molecular complexity index is 1100. The summed E-state index contributed by atoms with van der Waals surface area (Å²) < 4.78 is 16.5. The fourth-order valence-corrected chi connectivity index (χ4v) is 10.1. The number of cyclic esters (lactones) is 1. The first-order valence-corrected chi connectivity index (χ1v) is 15.0. The van der Waals surface area contributed by atoms with Crippen molar-refractivity contribution < 1.29 is 65.0 Å². The molecule has 15 atom stereocenters. The summed E-state index contributed by atoms with van der Waals surface area (Å²) in [5, 5.41) is 99.2. The third-order valence-corrected chi connectivity index (χ3v) is 12.2. The molecule has 1 saturated heterocycles. The zero-order valence-electron chi connectivity index (χ0n) is 23.7. The molecule has 0 amide bonds. The lowest BCUT2D eigenvalue weighted by Gasteiger charge is -2.68. The molecule has 6 rings (SSSR count). The van der Waals surface area contributed by atoms with Gasteiger partial charge in [0.05, 0.1) is 48.1 Å². The number of hydrogen-bond donors (Lipinski definition) is 9. The summed E-state index contributed by atoms with van der Waals surface area (Å²) in [5.41, 5.74) is -4.61. The van der Waals surface area contributed by atoms with E-state index in [9.17, 15) is 50.8 Å². The molecule has 6 aliphatic rings. The second-order valence-electron chi connectivity index (χ2n) is 13.8. The second kappa shape index (κ2) is 10.4. The lowest BCUT2D eigenvalue weighted by atomic mass is 9.40. The Morgan fingerprint density at radius 2 is 1.74 bits per heavy atom. The predicted molar refractivity (Wildman–Crippen MR) is 140 cm³/mol. The molecule has 42 heavy (non-hydrogen) atoms. The van der Waals surface area contributed by atoms with Crippen molar-refractivity contribution in [1.29, 1.82) is 0 Å². The molecule has 0 aromatic heterocycles. The quantitative estimate of drug-likeness (QED) is 0.117. The average Bonchev–Trinajstić information content (AvgIpc) is 3.48. The topological polar surface area (TPSA) is 227 Å². The van der Waals surface area contributed by atoms with Crippen molar-refractivity contribution in [3.05, 3.63) is 11.6 Å². The summed E-state index contributed by atoms with van der Waals surface area (Å²) in [6, 6.07) is 0. The summed E-state index contributed by atoms with van der Waals surface area (Å²) in [6.07, 6.45) is -8.15. The largest absolute Gasteiger partial charge is 0.458 e. The van der Waals surface area contributed by atoms with Crippen LogP contribution in [0.4, 0.5) is 0 Å². The molecule has 0 aromatic rings. The second-order valence-corrected chi connectivity index (χ2v) is 13.8. The maximum absolute atomic E-state index is 12.4. The smallest absolute Gasteiger partial charge is 0.331 e. The molecule has 13 heteroatoms. The van der Waals surface area contributed by atoms with Gasteiger partial charge in [0.2, 0.25) is 0 Å². The van der Waals surface area contributed by atoms with E-state index >= 15 is 0 Å². The Hall–Kier alpha value is -1.23. The van der Waals surface area contributed by atoms with Crippen molar-refractivity contribution in [1.82, 2.24) is 0 Å². The molecule has 238 valence electrons. The molecule has 4 aliphatic carbocycles. The number of carbonyl (C=O) groups is 1. The Kier molecular flexibility index (Phi) is 7.63. The number of esters is 1. The van der Waals surface area contributed by atoms with E-state index in [0.29, 0.717) is 19.3 Å². The minimum atomic E-state index is -1.73. The summed E-state index contributed by atoms with van der Waals surface area (Å²) in [7, 11) is 0. The van der Waals surface area contributed by atoms with E-state index in [0.717, 1.165) is 5.57 Å². The number of carbonyl (C=O) groups excluding carboxylic acids is 1. The number of rotatable bonds is 5. The van der Waals surface area contributed by atoms with E-state index < -0.39 is 102 Å². The highest BCUT2D eigenvalue weighted by molar-refractivity contribution is 5.85. The fourth-order valence-electron chi connectivity index (χ4n) is 10.1. The van der Waals surface area contributed by atoms with E-state index in [1.165, 1.54) is 6.08 Å². The van der Waals surface area contributed by atoms with Crippen LogP contribution in [0, 0.1) is 28.6 Å². The molecule has 0 bridgehead atoms. The van der Waals surface area contributed by atoms with Crippen molar-refractivity contribution in [2.24, 2.45) is 28.6 Å². The van der Waals surface area contributed by atoms with E-state index in [4.69, 9.17) is 14.2 Å². The van der Waals surface area contributed by atoms with Crippen LogP contribution in [0.3, 0.4) is 0 Å². The number of ether oxygens (including phenoxy) is 3. The maximum atomic E-state index is 12.4. The van der Waals surface area contributed by atoms with Gasteiger partial charge in [0.15, 0.2) is 6.29 Å². The molecule has 2 aliphatic heterocycles. The SMILES string of the molecule is CC12CC(O)C3C(CCC4(O)CC(OC5OC(CO)C(O)C(O)C5O)CC(O)C34CO)C1(O)CCC2C1=CC(=O)OC1. The van der Waals surface area contributed by atoms with Gasteiger partial charge in [-0.05, 0) is 49.5 Å². The Morgan fingerprint density at radius 3 is 2.38 bits per heavy atom. The van der Waals surface area contributed by atoms with Crippen molar-refractivity contribution >= 4 is 5.97 Å². The van der Waals surface area contributed by atoms with Crippen LogP contribution in [0.5, 0.6) is 0 Å². The van der Waals surface area contributed by atoms with Gasteiger partial charge in [-0.1, -0.05) is 6.92 Å². The Labute approximate surface area is 243 Å². The summed E-state index contributed by atoms with van der Waals surface area (Å²) in [5.74, 6) is -2.02. The maximum Gasteiger partial charge on any atom is 0.331 e. The zero-order chi connectivity index (χ0) is 30.4. The number of fused-ring (bicyclic) bond motifs is 5. The average molecular weight is 601 g/mol. The van der Waals surface area contributed by atoms with Gasteiger partial charge < -0.3 is 60.2 Å². The number of aliphatic hydroxyl groups excluding tert-OH is 7. The first kappa shape index (κ1) is 30.8. The molecular formula is C29H44O13. The number of aliphatic hydroxyl groups is 9. The molecular weight excluding hydrogens is 556 g/mol. The van der Waals surface area contributed by atoms with Crippen molar-refractivity contribution in [2.45, 2.75) is 112 Å². The van der Waals surface area contributed by atoms with Gasteiger partial charge in [0, 0.05) is 30.3 Å². The monoisotopic (exact) mass is 600 g/mol. The van der Waals surface area contributed by atoms with E-state index in [1.54, 1.807) is 0 Å². The Balaban J connectivity index is 1.28. The van der Waals surface area contributed by atoms with E-state index in [2.05, 4.69) is 0 Å². The van der Waals surface area contributed by atoms with Crippen LogP contribution in [0.1, 0.15) is 51.9 Å². The van der Waals surface area contributed by atoms with E-state index in [1.807, 2.05) is 6.92 Å².